The van der Waals surface area contributed by atoms with E-state index < -0.39 is 31.1 Å². The van der Waals surface area contributed by atoms with Gasteiger partial charge in [0.15, 0.2) is 0 Å². The van der Waals surface area contributed by atoms with Gasteiger partial charge in [0.1, 0.15) is 13.1 Å². The minimum Gasteiger partial charge on any atom is -0.347 e. The van der Waals surface area contributed by atoms with E-state index in [4.69, 9.17) is 0 Å². The van der Waals surface area contributed by atoms with Crippen molar-refractivity contribution in [1.29, 1.82) is 0 Å². The van der Waals surface area contributed by atoms with E-state index in [0.717, 1.165) is 9.91 Å². The van der Waals surface area contributed by atoms with Crippen LogP contribution >= 0.6 is 11.3 Å². The van der Waals surface area contributed by atoms with E-state index in [0.29, 0.717) is 10.6 Å². The van der Waals surface area contributed by atoms with E-state index in [9.17, 15) is 22.8 Å². The fourth-order valence-electron chi connectivity index (χ4n) is 1.51. The zero-order chi connectivity index (χ0) is 16.2. The molecule has 0 aliphatic rings. The highest BCUT2D eigenvalue weighted by molar-refractivity contribution is 7.09. The van der Waals surface area contributed by atoms with E-state index in [1.165, 1.54) is 25.4 Å². The Kier molecular flexibility index (Phi) is 5.70. The van der Waals surface area contributed by atoms with Crippen molar-refractivity contribution in [2.45, 2.75) is 19.5 Å². The van der Waals surface area contributed by atoms with Crippen molar-refractivity contribution in [3.63, 3.8) is 0 Å². The molecule has 1 heterocycles. The van der Waals surface area contributed by atoms with Crippen LogP contribution in [0.4, 0.5) is 13.2 Å². The quantitative estimate of drug-likeness (QED) is 0.825. The summed E-state index contributed by atoms with van der Waals surface area (Å²) in [5.41, 5.74) is 0.409. The standard InChI is InChI=1S/C12H16F3N3O2S/c1-8-16-9(6-21-8)4-10(19)18(7-12(13,14)15)5-11(20)17(2)3/h6H,4-5,7H2,1-3H3. The van der Waals surface area contributed by atoms with Gasteiger partial charge in [-0.25, -0.2) is 4.98 Å². The number of hydrogen-bond donors (Lipinski definition) is 0. The smallest absolute Gasteiger partial charge is 0.347 e. The molecule has 0 atom stereocenters. The summed E-state index contributed by atoms with van der Waals surface area (Å²) in [6.45, 7) is -0.315. The van der Waals surface area contributed by atoms with Crippen molar-refractivity contribution in [2.24, 2.45) is 0 Å². The lowest BCUT2D eigenvalue weighted by Crippen LogP contribution is -2.45. The van der Waals surface area contributed by atoms with Crippen LogP contribution in [0.5, 0.6) is 0 Å². The molecular formula is C12H16F3N3O2S. The Bertz CT molecular complexity index is 514. The molecule has 9 heteroatoms. The molecule has 1 aromatic rings. The zero-order valence-electron chi connectivity index (χ0n) is 11.9. The summed E-state index contributed by atoms with van der Waals surface area (Å²) in [6, 6.07) is 0. The van der Waals surface area contributed by atoms with Crippen LogP contribution in [0.2, 0.25) is 0 Å². The van der Waals surface area contributed by atoms with Crippen LogP contribution in [-0.2, 0) is 16.0 Å². The third-order valence-electron chi connectivity index (χ3n) is 2.55. The summed E-state index contributed by atoms with van der Waals surface area (Å²) in [5, 5.41) is 2.34. The van der Waals surface area contributed by atoms with E-state index in [1.54, 1.807) is 12.3 Å². The molecule has 21 heavy (non-hydrogen) atoms. The SMILES string of the molecule is Cc1nc(CC(=O)N(CC(=O)N(C)C)CC(F)(F)F)cs1. The van der Waals surface area contributed by atoms with Crippen molar-refractivity contribution >= 4 is 23.2 Å². The first-order chi connectivity index (χ1) is 9.58. The third-order valence-corrected chi connectivity index (χ3v) is 3.37. The maximum absolute atomic E-state index is 12.5. The summed E-state index contributed by atoms with van der Waals surface area (Å²) in [5.74, 6) is -1.34. The van der Waals surface area contributed by atoms with Crippen LogP contribution in [-0.4, -0.2) is 60.0 Å². The molecule has 0 unspecified atom stereocenters. The summed E-state index contributed by atoms with van der Waals surface area (Å²) >= 11 is 1.31. The first-order valence-corrected chi connectivity index (χ1v) is 6.92. The number of rotatable bonds is 5. The summed E-state index contributed by atoms with van der Waals surface area (Å²) in [4.78, 5) is 29.2. The maximum Gasteiger partial charge on any atom is 0.406 e. The third kappa shape index (κ3) is 6.11. The predicted molar refractivity (Wildman–Crippen MR) is 71.9 cm³/mol. The Balaban J connectivity index is 2.79. The summed E-state index contributed by atoms with van der Waals surface area (Å²) in [7, 11) is 2.84. The summed E-state index contributed by atoms with van der Waals surface area (Å²) < 4.78 is 37.6. The molecule has 0 fully saturated rings. The fraction of sp³-hybridized carbons (Fsp3) is 0.583. The fourth-order valence-corrected chi connectivity index (χ4v) is 2.12. The minimum absolute atomic E-state index is 0.249. The van der Waals surface area contributed by atoms with Gasteiger partial charge in [0.25, 0.3) is 0 Å². The molecule has 0 aliphatic carbocycles. The number of halogens is 3. The number of aromatic nitrogens is 1. The van der Waals surface area contributed by atoms with E-state index in [1.807, 2.05) is 0 Å². The Labute approximate surface area is 124 Å². The molecule has 0 radical (unpaired) electrons. The van der Waals surface area contributed by atoms with Gasteiger partial charge in [0.2, 0.25) is 11.8 Å². The molecule has 0 saturated carbocycles. The molecule has 5 nitrogen and oxygen atoms in total. The van der Waals surface area contributed by atoms with Gasteiger partial charge in [-0.1, -0.05) is 0 Å². The largest absolute Gasteiger partial charge is 0.406 e. The first-order valence-electron chi connectivity index (χ1n) is 6.04. The molecule has 2 amide bonds. The van der Waals surface area contributed by atoms with Gasteiger partial charge in [-0.05, 0) is 6.92 Å². The van der Waals surface area contributed by atoms with Crippen molar-refractivity contribution in [2.75, 3.05) is 27.2 Å². The number of alkyl halides is 3. The van der Waals surface area contributed by atoms with Gasteiger partial charge in [-0.2, -0.15) is 13.2 Å². The Morgan fingerprint density at radius 2 is 1.90 bits per heavy atom. The molecule has 0 aliphatic heterocycles. The second-order valence-electron chi connectivity index (χ2n) is 4.69. The van der Waals surface area contributed by atoms with Gasteiger partial charge in [0.05, 0.1) is 17.1 Å². The van der Waals surface area contributed by atoms with Crippen LogP contribution in [0.1, 0.15) is 10.7 Å². The predicted octanol–water partition coefficient (Wildman–Crippen LogP) is 1.47. The highest BCUT2D eigenvalue weighted by Crippen LogP contribution is 2.18. The number of likely N-dealkylation sites (N-methyl/N-ethyl adjacent to an activating group) is 1. The van der Waals surface area contributed by atoms with Crippen LogP contribution in [0.25, 0.3) is 0 Å². The second-order valence-corrected chi connectivity index (χ2v) is 5.75. The average Bonchev–Trinajstić information content (AvgIpc) is 2.71. The minimum atomic E-state index is -4.56. The van der Waals surface area contributed by atoms with Crippen LogP contribution in [0.3, 0.4) is 0 Å². The highest BCUT2D eigenvalue weighted by Gasteiger charge is 2.34. The molecular weight excluding hydrogens is 307 g/mol. The molecule has 0 spiro atoms. The van der Waals surface area contributed by atoms with Crippen molar-refractivity contribution in [1.82, 2.24) is 14.8 Å². The van der Waals surface area contributed by atoms with Crippen molar-refractivity contribution in [3.8, 4) is 0 Å². The van der Waals surface area contributed by atoms with Gasteiger partial charge in [0, 0.05) is 19.5 Å². The summed E-state index contributed by atoms with van der Waals surface area (Å²) in [6.07, 6.45) is -4.80. The van der Waals surface area contributed by atoms with Gasteiger partial charge in [-0.3, -0.25) is 9.59 Å². The number of hydrogen-bond acceptors (Lipinski definition) is 4. The van der Waals surface area contributed by atoms with Crippen LogP contribution < -0.4 is 0 Å². The van der Waals surface area contributed by atoms with Crippen molar-refractivity contribution < 1.29 is 22.8 Å². The molecule has 0 N–H and O–H groups in total. The first kappa shape index (κ1) is 17.4. The number of carbonyl (C=O) groups excluding carboxylic acids is 2. The molecule has 1 aromatic heterocycles. The maximum atomic E-state index is 12.5. The lowest BCUT2D eigenvalue weighted by molar-refractivity contribution is -0.163. The van der Waals surface area contributed by atoms with E-state index in [-0.39, 0.29) is 6.42 Å². The van der Waals surface area contributed by atoms with Gasteiger partial charge in [-0.15, -0.1) is 11.3 Å². The zero-order valence-corrected chi connectivity index (χ0v) is 12.7. The van der Waals surface area contributed by atoms with Crippen LogP contribution in [0.15, 0.2) is 5.38 Å². The Hall–Kier alpha value is -1.64. The number of aryl methyl sites for hydroxylation is 1. The van der Waals surface area contributed by atoms with Crippen molar-refractivity contribution in [3.05, 3.63) is 16.1 Å². The Morgan fingerprint density at radius 3 is 2.33 bits per heavy atom. The number of amides is 2. The number of carbonyl (C=O) groups is 2. The number of thiazole rings is 1. The lowest BCUT2D eigenvalue weighted by atomic mass is 10.3. The second kappa shape index (κ2) is 6.88. The lowest BCUT2D eigenvalue weighted by Gasteiger charge is -2.24. The molecule has 118 valence electrons. The molecule has 0 aromatic carbocycles. The van der Waals surface area contributed by atoms with Gasteiger partial charge < -0.3 is 9.80 Å². The topological polar surface area (TPSA) is 53.5 Å². The molecule has 1 rings (SSSR count). The highest BCUT2D eigenvalue weighted by atomic mass is 32.1. The van der Waals surface area contributed by atoms with E-state index >= 15 is 0 Å². The number of nitrogens with zero attached hydrogens (tertiary/aromatic N) is 3. The molecule has 0 saturated heterocycles. The monoisotopic (exact) mass is 323 g/mol. The van der Waals surface area contributed by atoms with Crippen LogP contribution in [0, 0.1) is 6.92 Å². The van der Waals surface area contributed by atoms with Gasteiger partial charge >= 0.3 is 6.18 Å². The van der Waals surface area contributed by atoms with E-state index in [2.05, 4.69) is 4.98 Å². The average molecular weight is 323 g/mol. The normalized spacial score (nSPS) is 11.3. The Morgan fingerprint density at radius 1 is 1.29 bits per heavy atom. The molecule has 0 bridgehead atoms.